The van der Waals surface area contributed by atoms with Gasteiger partial charge in [-0.15, -0.1) is 5.10 Å². The first kappa shape index (κ1) is 14.0. The van der Waals surface area contributed by atoms with Crippen molar-refractivity contribution >= 4 is 23.2 Å². The van der Waals surface area contributed by atoms with Crippen LogP contribution in [0.25, 0.3) is 11.4 Å². The van der Waals surface area contributed by atoms with Gasteiger partial charge < -0.3 is 0 Å². The highest BCUT2D eigenvalue weighted by Crippen LogP contribution is 2.32. The van der Waals surface area contributed by atoms with Crippen LogP contribution in [-0.2, 0) is 6.54 Å². The molecular weight excluding hydrogens is 314 g/mol. The highest BCUT2D eigenvalue weighted by atomic mass is 35.5. The van der Waals surface area contributed by atoms with E-state index >= 15 is 0 Å². The maximum absolute atomic E-state index is 12.9. The van der Waals surface area contributed by atoms with Crippen LogP contribution in [0.15, 0.2) is 42.5 Å². The average Bonchev–Trinajstić information content (AvgIpc) is 2.92. The lowest BCUT2D eigenvalue weighted by Gasteiger charge is -2.07. The molecule has 0 aliphatic rings. The van der Waals surface area contributed by atoms with Gasteiger partial charge in [0.15, 0.2) is 5.82 Å². The minimum Gasteiger partial charge on any atom is -0.221 e. The van der Waals surface area contributed by atoms with E-state index in [0.29, 0.717) is 28.0 Å². The van der Waals surface area contributed by atoms with Crippen molar-refractivity contribution in [3.8, 4) is 11.4 Å². The number of hydrogen-bond acceptors (Lipinski definition) is 3. The lowest BCUT2D eigenvalue weighted by Crippen LogP contribution is -2.04. The lowest BCUT2D eigenvalue weighted by molar-refractivity contribution is 0.622. The summed E-state index contributed by atoms with van der Waals surface area (Å²) in [6.07, 6.45) is 0. The lowest BCUT2D eigenvalue weighted by atomic mass is 10.2. The minimum absolute atomic E-state index is 0.284. The van der Waals surface area contributed by atoms with E-state index in [1.54, 1.807) is 35.0 Å². The molecule has 3 aromatic rings. The third-order valence-electron chi connectivity index (χ3n) is 2.97. The molecule has 0 unspecified atom stereocenters. The van der Waals surface area contributed by atoms with Crippen molar-refractivity contribution in [1.29, 1.82) is 0 Å². The molecule has 4 nitrogen and oxygen atoms in total. The number of benzene rings is 2. The van der Waals surface area contributed by atoms with E-state index in [-0.39, 0.29) is 5.82 Å². The van der Waals surface area contributed by atoms with Crippen molar-refractivity contribution in [3.63, 3.8) is 0 Å². The molecule has 0 bridgehead atoms. The summed E-state index contributed by atoms with van der Waals surface area (Å²) in [6, 6.07) is 11.4. The number of nitrogens with zero attached hydrogens (tertiary/aromatic N) is 4. The highest BCUT2D eigenvalue weighted by Gasteiger charge is 2.14. The minimum atomic E-state index is -0.284. The van der Waals surface area contributed by atoms with Gasteiger partial charge in [0.1, 0.15) is 5.82 Å². The summed E-state index contributed by atoms with van der Waals surface area (Å²) in [7, 11) is 0. The van der Waals surface area contributed by atoms with Gasteiger partial charge in [0.25, 0.3) is 0 Å². The highest BCUT2D eigenvalue weighted by molar-refractivity contribution is 6.43. The summed E-state index contributed by atoms with van der Waals surface area (Å²) >= 11 is 12.2. The van der Waals surface area contributed by atoms with Crippen LogP contribution in [0.2, 0.25) is 10.0 Å². The largest absolute Gasteiger partial charge is 0.221 e. The summed E-state index contributed by atoms with van der Waals surface area (Å²) in [5.41, 5.74) is 1.53. The van der Waals surface area contributed by atoms with Crippen LogP contribution in [0.5, 0.6) is 0 Å². The second kappa shape index (κ2) is 5.79. The van der Waals surface area contributed by atoms with Crippen LogP contribution < -0.4 is 0 Å². The Morgan fingerprint density at radius 1 is 1.05 bits per heavy atom. The van der Waals surface area contributed by atoms with Crippen molar-refractivity contribution in [2.45, 2.75) is 6.54 Å². The summed E-state index contributed by atoms with van der Waals surface area (Å²) < 4.78 is 14.5. The van der Waals surface area contributed by atoms with Gasteiger partial charge in [0.05, 0.1) is 16.6 Å². The molecule has 7 heteroatoms. The Balaban J connectivity index is 1.97. The number of halogens is 3. The molecule has 1 aromatic heterocycles. The van der Waals surface area contributed by atoms with Crippen molar-refractivity contribution < 1.29 is 4.39 Å². The molecular formula is C14H9Cl2FN4. The first-order valence-electron chi connectivity index (χ1n) is 6.10. The smallest absolute Gasteiger partial charge is 0.183 e. The summed E-state index contributed by atoms with van der Waals surface area (Å²) in [4.78, 5) is 0. The van der Waals surface area contributed by atoms with E-state index in [2.05, 4.69) is 15.5 Å². The molecule has 0 radical (unpaired) electrons. The van der Waals surface area contributed by atoms with Crippen molar-refractivity contribution in [2.75, 3.05) is 0 Å². The third-order valence-corrected chi connectivity index (χ3v) is 3.79. The Morgan fingerprint density at radius 2 is 1.81 bits per heavy atom. The molecule has 0 N–H and O–H groups in total. The van der Waals surface area contributed by atoms with Gasteiger partial charge in [0, 0.05) is 5.56 Å². The van der Waals surface area contributed by atoms with E-state index in [9.17, 15) is 4.39 Å². The number of aromatic nitrogens is 4. The number of hydrogen-bond donors (Lipinski definition) is 0. The third kappa shape index (κ3) is 2.89. The molecule has 0 aliphatic heterocycles. The summed E-state index contributed by atoms with van der Waals surface area (Å²) in [6.45, 7) is 0.408. The summed E-state index contributed by atoms with van der Waals surface area (Å²) in [5.74, 6) is 0.223. The van der Waals surface area contributed by atoms with E-state index in [1.165, 1.54) is 12.1 Å². The Labute approximate surface area is 130 Å². The van der Waals surface area contributed by atoms with Crippen LogP contribution in [-0.4, -0.2) is 20.2 Å². The molecule has 0 saturated carbocycles. The van der Waals surface area contributed by atoms with Crippen LogP contribution in [0.3, 0.4) is 0 Å². The standard InChI is InChI=1S/C14H9Cl2FN4/c15-12-3-1-2-11(13(12)16)14-18-19-20-21(14)8-9-4-6-10(17)7-5-9/h1-7H,8H2. The van der Waals surface area contributed by atoms with Gasteiger partial charge in [-0.25, -0.2) is 9.07 Å². The second-order valence-corrected chi connectivity index (χ2v) is 5.17. The Hall–Kier alpha value is -1.98. The predicted octanol–water partition coefficient (Wildman–Crippen LogP) is 3.83. The average molecular weight is 323 g/mol. The quantitative estimate of drug-likeness (QED) is 0.736. The zero-order valence-corrected chi connectivity index (χ0v) is 12.2. The predicted molar refractivity (Wildman–Crippen MR) is 78.8 cm³/mol. The van der Waals surface area contributed by atoms with E-state index in [0.717, 1.165) is 5.56 Å². The molecule has 0 amide bonds. The van der Waals surface area contributed by atoms with E-state index in [4.69, 9.17) is 23.2 Å². The molecule has 0 spiro atoms. The normalized spacial score (nSPS) is 10.8. The molecule has 0 atom stereocenters. The van der Waals surface area contributed by atoms with Gasteiger partial charge in [-0.3, -0.25) is 0 Å². The maximum Gasteiger partial charge on any atom is 0.183 e. The van der Waals surface area contributed by atoms with Gasteiger partial charge in [-0.1, -0.05) is 41.4 Å². The topological polar surface area (TPSA) is 43.6 Å². The zero-order valence-electron chi connectivity index (χ0n) is 10.7. The Kier molecular flexibility index (Phi) is 3.86. The fraction of sp³-hybridized carbons (Fsp3) is 0.0714. The van der Waals surface area contributed by atoms with Gasteiger partial charge in [0.2, 0.25) is 0 Å². The fourth-order valence-electron chi connectivity index (χ4n) is 1.94. The van der Waals surface area contributed by atoms with Crippen LogP contribution in [0.1, 0.15) is 5.56 Å². The van der Waals surface area contributed by atoms with Crippen molar-refractivity contribution in [1.82, 2.24) is 20.2 Å². The molecule has 2 aromatic carbocycles. The molecule has 3 rings (SSSR count). The van der Waals surface area contributed by atoms with Gasteiger partial charge in [-0.2, -0.15) is 0 Å². The first-order chi connectivity index (χ1) is 10.1. The molecule has 21 heavy (non-hydrogen) atoms. The van der Waals surface area contributed by atoms with Crippen LogP contribution in [0.4, 0.5) is 4.39 Å². The number of rotatable bonds is 3. The second-order valence-electron chi connectivity index (χ2n) is 4.39. The Morgan fingerprint density at radius 3 is 2.57 bits per heavy atom. The number of tetrazole rings is 1. The summed E-state index contributed by atoms with van der Waals surface area (Å²) in [5, 5.41) is 12.4. The van der Waals surface area contributed by atoms with Crippen molar-refractivity contribution in [3.05, 3.63) is 63.9 Å². The molecule has 0 fully saturated rings. The first-order valence-corrected chi connectivity index (χ1v) is 6.86. The van der Waals surface area contributed by atoms with Crippen molar-refractivity contribution in [2.24, 2.45) is 0 Å². The maximum atomic E-state index is 12.9. The van der Waals surface area contributed by atoms with E-state index < -0.39 is 0 Å². The molecule has 1 heterocycles. The SMILES string of the molecule is Fc1ccc(Cn2nnnc2-c2cccc(Cl)c2Cl)cc1. The zero-order chi connectivity index (χ0) is 14.8. The van der Waals surface area contributed by atoms with E-state index in [1.807, 2.05) is 0 Å². The van der Waals surface area contributed by atoms with Gasteiger partial charge in [-0.05, 0) is 40.3 Å². The Bertz CT molecular complexity index is 771. The monoisotopic (exact) mass is 322 g/mol. The molecule has 0 saturated heterocycles. The fourth-order valence-corrected chi connectivity index (χ4v) is 2.33. The van der Waals surface area contributed by atoms with Crippen LogP contribution >= 0.6 is 23.2 Å². The van der Waals surface area contributed by atoms with Gasteiger partial charge >= 0.3 is 0 Å². The molecule has 0 aliphatic carbocycles. The molecule has 106 valence electrons. The van der Waals surface area contributed by atoms with Crippen LogP contribution in [0, 0.1) is 5.82 Å².